The van der Waals surface area contributed by atoms with Gasteiger partial charge in [0.15, 0.2) is 0 Å². The lowest BCUT2D eigenvalue weighted by atomic mass is 9.91. The highest BCUT2D eigenvalue weighted by molar-refractivity contribution is 5.38. The van der Waals surface area contributed by atoms with Crippen molar-refractivity contribution in [2.24, 2.45) is 7.05 Å². The number of rotatable bonds is 6. The first-order chi connectivity index (χ1) is 14.1. The lowest BCUT2D eigenvalue weighted by Gasteiger charge is -2.31. The highest BCUT2D eigenvalue weighted by Crippen LogP contribution is 2.29. The Labute approximate surface area is 173 Å². The van der Waals surface area contributed by atoms with Crippen molar-refractivity contribution in [1.82, 2.24) is 19.7 Å². The summed E-state index contributed by atoms with van der Waals surface area (Å²) in [7, 11) is 3.71. The monoisotopic (exact) mass is 390 g/mol. The molecule has 5 nitrogen and oxygen atoms in total. The number of likely N-dealkylation sites (tertiary alicyclic amines) is 1. The molecule has 1 fully saturated rings. The summed E-state index contributed by atoms with van der Waals surface area (Å²) >= 11 is 0. The third-order valence-electron chi connectivity index (χ3n) is 5.79. The molecule has 4 rings (SSSR count). The van der Waals surface area contributed by atoms with E-state index in [9.17, 15) is 0 Å². The summed E-state index contributed by atoms with van der Waals surface area (Å²) in [6.45, 7) is 5.31. The van der Waals surface area contributed by atoms with E-state index < -0.39 is 0 Å². The van der Waals surface area contributed by atoms with E-state index in [1.165, 1.54) is 22.4 Å². The largest absolute Gasteiger partial charge is 0.496 e. The van der Waals surface area contributed by atoms with Crippen LogP contribution >= 0.6 is 0 Å². The second kappa shape index (κ2) is 8.78. The van der Waals surface area contributed by atoms with Gasteiger partial charge in [-0.2, -0.15) is 5.10 Å². The Hall–Kier alpha value is -2.66. The fourth-order valence-electron chi connectivity index (χ4n) is 4.35. The number of para-hydroxylation sites is 1. The summed E-state index contributed by atoms with van der Waals surface area (Å²) in [5, 5.41) is 4.28. The number of benzene rings is 1. The van der Waals surface area contributed by atoms with Gasteiger partial charge in [0, 0.05) is 49.1 Å². The Balaban J connectivity index is 1.43. The van der Waals surface area contributed by atoms with Gasteiger partial charge < -0.3 is 4.74 Å². The quantitative estimate of drug-likeness (QED) is 0.635. The maximum Gasteiger partial charge on any atom is 0.122 e. The van der Waals surface area contributed by atoms with Gasteiger partial charge in [-0.15, -0.1) is 0 Å². The van der Waals surface area contributed by atoms with Crippen LogP contribution in [0.2, 0.25) is 0 Å². The summed E-state index contributed by atoms with van der Waals surface area (Å²) in [6, 6.07) is 12.8. The molecule has 1 aliphatic heterocycles. The van der Waals surface area contributed by atoms with E-state index in [2.05, 4.69) is 47.4 Å². The van der Waals surface area contributed by atoms with Crippen molar-refractivity contribution in [2.45, 2.75) is 38.6 Å². The number of aryl methyl sites for hydroxylation is 2. The molecule has 0 atom stereocenters. The molecule has 3 aromatic rings. The molecule has 1 aromatic carbocycles. The molecule has 2 aromatic heterocycles. The molecule has 0 bridgehead atoms. The summed E-state index contributed by atoms with van der Waals surface area (Å²) in [4.78, 5) is 7.42. The molecule has 29 heavy (non-hydrogen) atoms. The van der Waals surface area contributed by atoms with E-state index in [-0.39, 0.29) is 0 Å². The van der Waals surface area contributed by atoms with E-state index in [1.807, 2.05) is 30.1 Å². The van der Waals surface area contributed by atoms with Crippen molar-refractivity contribution in [1.29, 1.82) is 0 Å². The third kappa shape index (κ3) is 4.85. The van der Waals surface area contributed by atoms with Gasteiger partial charge in [-0.05, 0) is 62.2 Å². The molecule has 1 aliphatic rings. The van der Waals surface area contributed by atoms with Gasteiger partial charge in [0.05, 0.1) is 13.3 Å². The number of aromatic nitrogens is 3. The number of methoxy groups -OCH3 is 1. The molecule has 0 aliphatic carbocycles. The van der Waals surface area contributed by atoms with Crippen molar-refractivity contribution in [3.8, 4) is 5.75 Å². The topological polar surface area (TPSA) is 43.2 Å². The van der Waals surface area contributed by atoms with Gasteiger partial charge in [-0.25, -0.2) is 0 Å². The lowest BCUT2D eigenvalue weighted by molar-refractivity contribution is 0.203. The zero-order chi connectivity index (χ0) is 20.2. The molecule has 0 saturated carbocycles. The van der Waals surface area contributed by atoms with E-state index in [1.54, 1.807) is 7.11 Å². The summed E-state index contributed by atoms with van der Waals surface area (Å²) in [6.07, 6.45) is 7.27. The first-order valence-corrected chi connectivity index (χ1v) is 10.4. The van der Waals surface area contributed by atoms with Crippen LogP contribution in [0, 0.1) is 6.92 Å². The molecule has 0 unspecified atom stereocenters. The van der Waals surface area contributed by atoms with Crippen molar-refractivity contribution in [3.63, 3.8) is 0 Å². The predicted molar refractivity (Wildman–Crippen MR) is 115 cm³/mol. The minimum absolute atomic E-state index is 0.538. The second-order valence-electron chi connectivity index (χ2n) is 8.10. The molecular formula is C24H30N4O. The molecule has 0 amide bonds. The number of pyridine rings is 1. The third-order valence-corrected chi connectivity index (χ3v) is 5.79. The Morgan fingerprint density at radius 2 is 1.90 bits per heavy atom. The average Bonchev–Trinajstić information content (AvgIpc) is 3.13. The van der Waals surface area contributed by atoms with E-state index in [0.717, 1.165) is 50.3 Å². The smallest absolute Gasteiger partial charge is 0.122 e. The van der Waals surface area contributed by atoms with Crippen molar-refractivity contribution >= 4 is 0 Å². The standard InChI is InChI=1S/C24H30N4O/c1-18-12-19(13-22-6-4-5-7-24(22)29-3)14-23(26-18)21-8-10-28(11-9-21)17-20-15-25-27(2)16-20/h4-7,12,14-16,21H,8-11,13,17H2,1-3H3. The van der Waals surface area contributed by atoms with Gasteiger partial charge in [-0.3, -0.25) is 14.6 Å². The second-order valence-corrected chi connectivity index (χ2v) is 8.10. The van der Waals surface area contributed by atoms with Crippen LogP contribution in [0.4, 0.5) is 0 Å². The molecule has 0 spiro atoms. The molecule has 1 saturated heterocycles. The van der Waals surface area contributed by atoms with Crippen LogP contribution in [0.25, 0.3) is 0 Å². The highest BCUT2D eigenvalue weighted by Gasteiger charge is 2.22. The number of hydrogen-bond donors (Lipinski definition) is 0. The van der Waals surface area contributed by atoms with Crippen LogP contribution in [0.5, 0.6) is 5.75 Å². The minimum Gasteiger partial charge on any atom is -0.496 e. The molecule has 0 radical (unpaired) electrons. The van der Waals surface area contributed by atoms with Crippen molar-refractivity contribution in [2.75, 3.05) is 20.2 Å². The van der Waals surface area contributed by atoms with E-state index in [4.69, 9.17) is 9.72 Å². The van der Waals surface area contributed by atoms with Gasteiger partial charge >= 0.3 is 0 Å². The SMILES string of the molecule is COc1ccccc1Cc1cc(C)nc(C2CCN(Cc3cnn(C)c3)CC2)c1. The molecule has 152 valence electrons. The average molecular weight is 391 g/mol. The van der Waals surface area contributed by atoms with Crippen molar-refractivity contribution in [3.05, 3.63) is 76.9 Å². The number of piperidine rings is 1. The van der Waals surface area contributed by atoms with Crippen LogP contribution in [-0.2, 0) is 20.0 Å². The number of hydrogen-bond acceptors (Lipinski definition) is 4. The Bertz CT molecular complexity index is 957. The van der Waals surface area contributed by atoms with E-state index in [0.29, 0.717) is 5.92 Å². The fraction of sp³-hybridized carbons (Fsp3) is 0.417. The molecule has 5 heteroatoms. The van der Waals surface area contributed by atoms with Crippen molar-refractivity contribution < 1.29 is 4.74 Å². The van der Waals surface area contributed by atoms with Crippen LogP contribution < -0.4 is 4.74 Å². The predicted octanol–water partition coefficient (Wildman–Crippen LogP) is 4.10. The number of nitrogens with zero attached hydrogens (tertiary/aromatic N) is 4. The van der Waals surface area contributed by atoms with Gasteiger partial charge in [0.25, 0.3) is 0 Å². The summed E-state index contributed by atoms with van der Waals surface area (Å²) in [5.41, 5.74) is 6.17. The first kappa shape index (κ1) is 19.6. The van der Waals surface area contributed by atoms with Crippen LogP contribution in [0.3, 0.4) is 0 Å². The molecular weight excluding hydrogens is 360 g/mol. The zero-order valence-corrected chi connectivity index (χ0v) is 17.6. The normalized spacial score (nSPS) is 15.6. The molecule has 3 heterocycles. The van der Waals surface area contributed by atoms with Gasteiger partial charge in [0.1, 0.15) is 5.75 Å². The summed E-state index contributed by atoms with van der Waals surface area (Å²) in [5.74, 6) is 1.49. The maximum atomic E-state index is 5.53. The van der Waals surface area contributed by atoms with Gasteiger partial charge in [-0.1, -0.05) is 18.2 Å². The Morgan fingerprint density at radius 3 is 2.62 bits per heavy atom. The molecule has 0 N–H and O–H groups in total. The van der Waals surface area contributed by atoms with Crippen LogP contribution in [0.15, 0.2) is 48.8 Å². The van der Waals surface area contributed by atoms with Gasteiger partial charge in [0.2, 0.25) is 0 Å². The maximum absolute atomic E-state index is 5.53. The summed E-state index contributed by atoms with van der Waals surface area (Å²) < 4.78 is 7.41. The van der Waals surface area contributed by atoms with Crippen LogP contribution in [-0.4, -0.2) is 39.9 Å². The number of ether oxygens (including phenoxy) is 1. The Kier molecular flexibility index (Phi) is 5.95. The van der Waals surface area contributed by atoms with E-state index >= 15 is 0 Å². The fourth-order valence-corrected chi connectivity index (χ4v) is 4.35. The minimum atomic E-state index is 0.538. The highest BCUT2D eigenvalue weighted by atomic mass is 16.5. The van der Waals surface area contributed by atoms with Crippen LogP contribution in [0.1, 0.15) is 46.8 Å². The Morgan fingerprint density at radius 1 is 1.10 bits per heavy atom. The lowest BCUT2D eigenvalue weighted by Crippen LogP contribution is -2.32. The first-order valence-electron chi connectivity index (χ1n) is 10.4. The zero-order valence-electron chi connectivity index (χ0n) is 17.6.